The summed E-state index contributed by atoms with van der Waals surface area (Å²) in [6.07, 6.45) is 10.4. The number of nitrogens with one attached hydrogen (secondary N) is 1. The molecule has 5 heteroatoms. The third kappa shape index (κ3) is 3.50. The summed E-state index contributed by atoms with van der Waals surface area (Å²) in [7, 11) is 0. The van der Waals surface area contributed by atoms with Crippen LogP contribution in [0.5, 0.6) is 0 Å². The predicted molar refractivity (Wildman–Crippen MR) is 89.4 cm³/mol. The van der Waals surface area contributed by atoms with Crippen molar-refractivity contribution in [3.63, 3.8) is 0 Å². The third-order valence-electron chi connectivity index (χ3n) is 4.82. The molecule has 1 aromatic heterocycles. The van der Waals surface area contributed by atoms with Gasteiger partial charge in [-0.1, -0.05) is 33.1 Å². The van der Waals surface area contributed by atoms with E-state index in [0.717, 1.165) is 23.2 Å². The molecule has 1 aromatic rings. The van der Waals surface area contributed by atoms with Crippen molar-refractivity contribution in [2.24, 2.45) is 5.92 Å². The molecule has 4 nitrogen and oxygen atoms in total. The molecule has 0 amide bonds. The van der Waals surface area contributed by atoms with E-state index in [1.165, 1.54) is 51.4 Å². The van der Waals surface area contributed by atoms with E-state index in [1.807, 2.05) is 0 Å². The highest BCUT2D eigenvalue weighted by Gasteiger charge is 2.33. The van der Waals surface area contributed by atoms with Gasteiger partial charge in [0.25, 0.3) is 0 Å². The molecule has 0 atom stereocenters. The molecule has 1 heterocycles. The molecule has 0 aliphatic heterocycles. The lowest BCUT2D eigenvalue weighted by Gasteiger charge is -2.29. The van der Waals surface area contributed by atoms with E-state index < -0.39 is 0 Å². The second-order valence-electron chi connectivity index (χ2n) is 7.10. The van der Waals surface area contributed by atoms with Gasteiger partial charge in [0.15, 0.2) is 4.77 Å². The molecule has 0 unspecified atom stereocenters. The number of anilines is 1. The first-order chi connectivity index (χ1) is 10.2. The SMILES string of the molecule is CC(C)CCN(c1n[nH]c(=S)n1C1CCCCC1)C1CC1. The van der Waals surface area contributed by atoms with Crippen LogP contribution in [0.4, 0.5) is 5.95 Å². The number of nitrogens with zero attached hydrogens (tertiary/aromatic N) is 3. The normalized spacial score (nSPS) is 20.1. The fourth-order valence-electron chi connectivity index (χ4n) is 3.40. The average Bonchev–Trinajstić information content (AvgIpc) is 3.23. The first-order valence-corrected chi connectivity index (χ1v) is 9.01. The molecule has 0 bridgehead atoms. The van der Waals surface area contributed by atoms with Gasteiger partial charge < -0.3 is 4.90 Å². The lowest BCUT2D eigenvalue weighted by Crippen LogP contribution is -2.31. The molecule has 0 radical (unpaired) electrons. The zero-order valence-electron chi connectivity index (χ0n) is 13.3. The Balaban J connectivity index is 1.83. The number of hydrogen-bond donors (Lipinski definition) is 1. The van der Waals surface area contributed by atoms with Crippen molar-refractivity contribution < 1.29 is 0 Å². The van der Waals surface area contributed by atoms with Crippen molar-refractivity contribution in [2.45, 2.75) is 77.3 Å². The fraction of sp³-hybridized carbons (Fsp3) is 0.875. The third-order valence-corrected chi connectivity index (χ3v) is 5.11. The number of H-pyrrole nitrogens is 1. The monoisotopic (exact) mass is 308 g/mol. The van der Waals surface area contributed by atoms with Crippen LogP contribution in [0.15, 0.2) is 0 Å². The topological polar surface area (TPSA) is 36.9 Å². The highest BCUT2D eigenvalue weighted by Crippen LogP contribution is 2.36. The highest BCUT2D eigenvalue weighted by atomic mass is 32.1. The Morgan fingerprint density at radius 2 is 1.95 bits per heavy atom. The lowest BCUT2D eigenvalue weighted by molar-refractivity contribution is 0.349. The van der Waals surface area contributed by atoms with Gasteiger partial charge in [0, 0.05) is 18.6 Å². The Kier molecular flexibility index (Phi) is 4.67. The van der Waals surface area contributed by atoms with Gasteiger partial charge in [-0.3, -0.25) is 4.57 Å². The summed E-state index contributed by atoms with van der Waals surface area (Å²) < 4.78 is 3.14. The van der Waals surface area contributed by atoms with Crippen LogP contribution >= 0.6 is 12.2 Å². The molecule has 21 heavy (non-hydrogen) atoms. The molecule has 3 rings (SSSR count). The fourth-order valence-corrected chi connectivity index (χ4v) is 3.67. The van der Waals surface area contributed by atoms with Crippen molar-refractivity contribution in [3.8, 4) is 0 Å². The summed E-state index contributed by atoms with van der Waals surface area (Å²) in [5, 5.41) is 7.66. The summed E-state index contributed by atoms with van der Waals surface area (Å²) in [6, 6.07) is 1.25. The number of hydrogen-bond acceptors (Lipinski definition) is 3. The first kappa shape index (κ1) is 15.1. The minimum Gasteiger partial charge on any atom is -0.338 e. The van der Waals surface area contributed by atoms with Crippen molar-refractivity contribution in [3.05, 3.63) is 4.77 Å². The minimum absolute atomic E-state index is 0.556. The van der Waals surface area contributed by atoms with Crippen LogP contribution in [0.1, 0.15) is 71.3 Å². The highest BCUT2D eigenvalue weighted by molar-refractivity contribution is 7.71. The molecule has 2 aliphatic carbocycles. The number of rotatable bonds is 6. The van der Waals surface area contributed by atoms with Crippen LogP contribution < -0.4 is 4.90 Å². The van der Waals surface area contributed by atoms with Gasteiger partial charge in [-0.15, -0.1) is 5.10 Å². The minimum atomic E-state index is 0.556. The molecular formula is C16H28N4S. The number of aromatic amines is 1. The molecular weight excluding hydrogens is 280 g/mol. The molecule has 0 spiro atoms. The van der Waals surface area contributed by atoms with Crippen LogP contribution in [0.25, 0.3) is 0 Å². The Bertz CT molecular complexity index is 509. The average molecular weight is 308 g/mol. The molecule has 2 aliphatic rings. The van der Waals surface area contributed by atoms with Crippen molar-refractivity contribution in [2.75, 3.05) is 11.4 Å². The summed E-state index contributed by atoms with van der Waals surface area (Å²) in [5.41, 5.74) is 0. The van der Waals surface area contributed by atoms with Gasteiger partial charge in [0.2, 0.25) is 5.95 Å². The van der Waals surface area contributed by atoms with Crippen molar-refractivity contribution in [1.82, 2.24) is 14.8 Å². The van der Waals surface area contributed by atoms with E-state index in [0.29, 0.717) is 12.1 Å². The second kappa shape index (κ2) is 6.51. The zero-order chi connectivity index (χ0) is 14.8. The van der Waals surface area contributed by atoms with E-state index in [-0.39, 0.29) is 0 Å². The van der Waals surface area contributed by atoms with Crippen LogP contribution in [-0.4, -0.2) is 27.4 Å². The van der Waals surface area contributed by atoms with E-state index in [2.05, 4.69) is 33.5 Å². The van der Waals surface area contributed by atoms with Gasteiger partial charge in [-0.05, 0) is 50.2 Å². The summed E-state index contributed by atoms with van der Waals surface area (Å²) in [4.78, 5) is 2.51. The molecule has 2 saturated carbocycles. The Morgan fingerprint density at radius 1 is 1.24 bits per heavy atom. The van der Waals surface area contributed by atoms with E-state index in [9.17, 15) is 0 Å². The Morgan fingerprint density at radius 3 is 2.57 bits per heavy atom. The van der Waals surface area contributed by atoms with Gasteiger partial charge in [0.1, 0.15) is 0 Å². The molecule has 118 valence electrons. The smallest absolute Gasteiger partial charge is 0.226 e. The number of aromatic nitrogens is 3. The van der Waals surface area contributed by atoms with E-state index in [1.54, 1.807) is 0 Å². The maximum atomic E-state index is 5.53. The molecule has 1 N–H and O–H groups in total. The molecule has 0 aromatic carbocycles. The van der Waals surface area contributed by atoms with Gasteiger partial charge >= 0.3 is 0 Å². The Hall–Kier alpha value is -0.840. The molecule has 2 fully saturated rings. The predicted octanol–water partition coefficient (Wildman–Crippen LogP) is 4.46. The lowest BCUT2D eigenvalue weighted by atomic mass is 9.95. The van der Waals surface area contributed by atoms with Crippen LogP contribution in [0.2, 0.25) is 0 Å². The first-order valence-electron chi connectivity index (χ1n) is 8.60. The zero-order valence-corrected chi connectivity index (χ0v) is 14.2. The van der Waals surface area contributed by atoms with E-state index in [4.69, 9.17) is 12.2 Å². The van der Waals surface area contributed by atoms with Crippen molar-refractivity contribution >= 4 is 18.2 Å². The standard InChI is InChI=1S/C16H28N4S/c1-12(2)10-11-19(13-8-9-13)15-17-18-16(21)20(15)14-6-4-3-5-7-14/h12-14H,3-11H2,1-2H3,(H,18,21). The van der Waals surface area contributed by atoms with Crippen molar-refractivity contribution in [1.29, 1.82) is 0 Å². The maximum absolute atomic E-state index is 5.53. The van der Waals surface area contributed by atoms with Crippen LogP contribution in [0, 0.1) is 10.7 Å². The second-order valence-corrected chi connectivity index (χ2v) is 7.48. The molecule has 0 saturated heterocycles. The van der Waals surface area contributed by atoms with Gasteiger partial charge in [0.05, 0.1) is 0 Å². The maximum Gasteiger partial charge on any atom is 0.226 e. The quantitative estimate of drug-likeness (QED) is 0.788. The largest absolute Gasteiger partial charge is 0.338 e. The van der Waals surface area contributed by atoms with Gasteiger partial charge in [-0.2, -0.15) is 0 Å². The van der Waals surface area contributed by atoms with E-state index >= 15 is 0 Å². The van der Waals surface area contributed by atoms with Crippen LogP contribution in [0.3, 0.4) is 0 Å². The summed E-state index contributed by atoms with van der Waals surface area (Å²) in [5.74, 6) is 1.84. The van der Waals surface area contributed by atoms with Gasteiger partial charge in [-0.25, -0.2) is 5.10 Å². The summed E-state index contributed by atoms with van der Waals surface area (Å²) >= 11 is 5.53. The van der Waals surface area contributed by atoms with Crippen LogP contribution in [-0.2, 0) is 0 Å². The Labute approximate surface area is 132 Å². The summed E-state index contributed by atoms with van der Waals surface area (Å²) in [6.45, 7) is 5.70.